The molecule has 0 bridgehead atoms. The van der Waals surface area contributed by atoms with Gasteiger partial charge in [0.15, 0.2) is 0 Å². The zero-order valence-corrected chi connectivity index (χ0v) is 11.2. The van der Waals surface area contributed by atoms with E-state index in [0.29, 0.717) is 12.3 Å². The average Bonchev–Trinajstić information content (AvgIpc) is 2.57. The molecule has 3 N–H and O–H groups in total. The molecule has 1 aliphatic heterocycles. The first-order valence-corrected chi connectivity index (χ1v) is 6.82. The number of likely N-dealkylation sites (N-methyl/N-ethyl adjacent to an activating group) is 1. The SMILES string of the molecule is CN1C(=O)CC(NC(=O)CC2CCCC(N)C2)C1=O. The Kier molecular flexibility index (Phi) is 4.19. The van der Waals surface area contributed by atoms with Gasteiger partial charge in [0.25, 0.3) is 5.91 Å². The van der Waals surface area contributed by atoms with Crippen LogP contribution in [0.1, 0.15) is 38.5 Å². The van der Waals surface area contributed by atoms with E-state index < -0.39 is 6.04 Å². The van der Waals surface area contributed by atoms with Gasteiger partial charge in [-0.3, -0.25) is 19.3 Å². The Bertz CT molecular complexity index is 397. The van der Waals surface area contributed by atoms with Crippen LogP contribution in [0.15, 0.2) is 0 Å². The number of amides is 3. The van der Waals surface area contributed by atoms with E-state index in [1.807, 2.05) is 0 Å². The van der Waals surface area contributed by atoms with Crippen molar-refractivity contribution in [3.63, 3.8) is 0 Å². The van der Waals surface area contributed by atoms with Gasteiger partial charge in [-0.05, 0) is 25.2 Å². The van der Waals surface area contributed by atoms with Gasteiger partial charge < -0.3 is 11.1 Å². The van der Waals surface area contributed by atoms with Crippen LogP contribution in [0.25, 0.3) is 0 Å². The summed E-state index contributed by atoms with van der Waals surface area (Å²) in [6, 6.07) is -0.491. The molecule has 2 aliphatic rings. The van der Waals surface area contributed by atoms with Crippen molar-refractivity contribution >= 4 is 17.7 Å². The van der Waals surface area contributed by atoms with Crippen molar-refractivity contribution in [2.75, 3.05) is 7.05 Å². The first kappa shape index (κ1) is 14.0. The van der Waals surface area contributed by atoms with Crippen molar-refractivity contribution in [3.8, 4) is 0 Å². The molecule has 3 atom stereocenters. The van der Waals surface area contributed by atoms with Crippen molar-refractivity contribution in [1.82, 2.24) is 10.2 Å². The number of carbonyl (C=O) groups is 3. The first-order valence-electron chi connectivity index (χ1n) is 6.82. The quantitative estimate of drug-likeness (QED) is 0.691. The third kappa shape index (κ3) is 3.32. The summed E-state index contributed by atoms with van der Waals surface area (Å²) in [6.45, 7) is 0. The van der Waals surface area contributed by atoms with Crippen LogP contribution in [0.4, 0.5) is 0 Å². The van der Waals surface area contributed by atoms with Crippen LogP contribution in [0.5, 0.6) is 0 Å². The smallest absolute Gasteiger partial charge is 0.252 e. The second kappa shape index (κ2) is 5.69. The molecule has 6 heteroatoms. The highest BCUT2D eigenvalue weighted by atomic mass is 16.2. The average molecular weight is 267 g/mol. The highest BCUT2D eigenvalue weighted by Gasteiger charge is 2.37. The maximum absolute atomic E-state index is 11.9. The summed E-state index contributed by atoms with van der Waals surface area (Å²) in [7, 11) is 1.44. The van der Waals surface area contributed by atoms with Gasteiger partial charge in [0.1, 0.15) is 6.04 Å². The minimum absolute atomic E-state index is 0.0747. The summed E-state index contributed by atoms with van der Waals surface area (Å²) in [5.74, 6) is -0.414. The van der Waals surface area contributed by atoms with Gasteiger partial charge in [-0.15, -0.1) is 0 Å². The van der Waals surface area contributed by atoms with Gasteiger partial charge in [-0.1, -0.05) is 6.42 Å². The molecule has 1 heterocycles. The summed E-state index contributed by atoms with van der Waals surface area (Å²) in [5.41, 5.74) is 5.89. The van der Waals surface area contributed by atoms with Gasteiger partial charge in [-0.25, -0.2) is 0 Å². The van der Waals surface area contributed by atoms with Crippen molar-refractivity contribution in [3.05, 3.63) is 0 Å². The lowest BCUT2D eigenvalue weighted by Gasteiger charge is -2.26. The Morgan fingerprint density at radius 3 is 2.74 bits per heavy atom. The van der Waals surface area contributed by atoms with Crippen LogP contribution >= 0.6 is 0 Å². The molecule has 3 unspecified atom stereocenters. The lowest BCUT2D eigenvalue weighted by molar-refractivity contribution is -0.138. The number of nitrogens with zero attached hydrogens (tertiary/aromatic N) is 1. The summed E-state index contributed by atoms with van der Waals surface area (Å²) in [6.07, 6.45) is 4.44. The fourth-order valence-corrected chi connectivity index (χ4v) is 2.90. The predicted molar refractivity (Wildman–Crippen MR) is 68.9 cm³/mol. The number of rotatable bonds is 3. The van der Waals surface area contributed by atoms with E-state index >= 15 is 0 Å². The summed E-state index contributed by atoms with van der Waals surface area (Å²) < 4.78 is 0. The van der Waals surface area contributed by atoms with E-state index in [4.69, 9.17) is 5.73 Å². The highest BCUT2D eigenvalue weighted by Crippen LogP contribution is 2.25. The Balaban J connectivity index is 1.81. The molecule has 0 aromatic rings. The van der Waals surface area contributed by atoms with Crippen LogP contribution in [0.3, 0.4) is 0 Å². The molecule has 0 aromatic carbocycles. The summed E-state index contributed by atoms with van der Waals surface area (Å²) >= 11 is 0. The lowest BCUT2D eigenvalue weighted by Crippen LogP contribution is -2.41. The third-order valence-corrected chi connectivity index (χ3v) is 4.01. The predicted octanol–water partition coefficient (Wildman–Crippen LogP) is -0.232. The van der Waals surface area contributed by atoms with Crippen LogP contribution in [0, 0.1) is 5.92 Å². The second-order valence-corrected chi connectivity index (χ2v) is 5.61. The second-order valence-electron chi connectivity index (χ2n) is 5.61. The van der Waals surface area contributed by atoms with E-state index in [1.165, 1.54) is 7.05 Å². The van der Waals surface area contributed by atoms with Crippen molar-refractivity contribution < 1.29 is 14.4 Å². The largest absolute Gasteiger partial charge is 0.344 e. The number of hydrogen-bond acceptors (Lipinski definition) is 4. The lowest BCUT2D eigenvalue weighted by atomic mass is 9.84. The van der Waals surface area contributed by atoms with Crippen LogP contribution in [0.2, 0.25) is 0 Å². The molecule has 1 saturated carbocycles. The van der Waals surface area contributed by atoms with Gasteiger partial charge in [0.05, 0.1) is 6.42 Å². The van der Waals surface area contributed by atoms with Gasteiger partial charge >= 0.3 is 0 Å². The number of hydrogen-bond donors (Lipinski definition) is 2. The molecular formula is C13H21N3O3. The normalized spacial score (nSPS) is 31.7. The highest BCUT2D eigenvalue weighted by molar-refractivity contribution is 6.06. The molecule has 0 aromatic heterocycles. The van der Waals surface area contributed by atoms with Gasteiger partial charge in [0, 0.05) is 19.5 Å². The molecule has 0 spiro atoms. The monoisotopic (exact) mass is 267 g/mol. The zero-order valence-electron chi connectivity index (χ0n) is 11.2. The Labute approximate surface area is 112 Å². The van der Waals surface area contributed by atoms with E-state index in [0.717, 1.165) is 30.6 Å². The Morgan fingerprint density at radius 2 is 2.16 bits per heavy atom. The molecule has 2 fully saturated rings. The van der Waals surface area contributed by atoms with E-state index in [2.05, 4.69) is 5.32 Å². The van der Waals surface area contributed by atoms with Crippen molar-refractivity contribution in [2.24, 2.45) is 11.7 Å². The maximum Gasteiger partial charge on any atom is 0.252 e. The van der Waals surface area contributed by atoms with E-state index in [1.54, 1.807) is 0 Å². The number of nitrogens with two attached hydrogens (primary N) is 1. The molecule has 1 saturated heterocycles. The van der Waals surface area contributed by atoms with Gasteiger partial charge in [0.2, 0.25) is 11.8 Å². The molecular weight excluding hydrogens is 246 g/mol. The van der Waals surface area contributed by atoms with Crippen LogP contribution in [-0.2, 0) is 14.4 Å². The topological polar surface area (TPSA) is 92.5 Å². The summed E-state index contributed by atoms with van der Waals surface area (Å²) in [4.78, 5) is 36.0. The minimum Gasteiger partial charge on any atom is -0.344 e. The molecule has 19 heavy (non-hydrogen) atoms. The van der Waals surface area contributed by atoms with Crippen LogP contribution < -0.4 is 11.1 Å². The number of imide groups is 1. The number of likely N-dealkylation sites (tertiary alicyclic amines) is 1. The van der Waals surface area contributed by atoms with E-state index in [-0.39, 0.29) is 30.2 Å². The Morgan fingerprint density at radius 1 is 1.42 bits per heavy atom. The fourth-order valence-electron chi connectivity index (χ4n) is 2.90. The third-order valence-electron chi connectivity index (χ3n) is 4.01. The zero-order chi connectivity index (χ0) is 14.0. The van der Waals surface area contributed by atoms with E-state index in [9.17, 15) is 14.4 Å². The van der Waals surface area contributed by atoms with Crippen molar-refractivity contribution in [2.45, 2.75) is 50.6 Å². The van der Waals surface area contributed by atoms with Crippen LogP contribution in [-0.4, -0.2) is 41.8 Å². The maximum atomic E-state index is 11.9. The summed E-state index contributed by atoms with van der Waals surface area (Å²) in [5, 5.41) is 2.66. The minimum atomic E-state index is -0.678. The molecule has 0 radical (unpaired) electrons. The Hall–Kier alpha value is -1.43. The molecule has 1 aliphatic carbocycles. The molecule has 106 valence electrons. The molecule has 3 amide bonds. The molecule has 2 rings (SSSR count). The molecule has 6 nitrogen and oxygen atoms in total. The number of nitrogens with one attached hydrogen (secondary N) is 1. The fraction of sp³-hybridized carbons (Fsp3) is 0.769. The standard InChI is InChI=1S/C13H21N3O3/c1-16-12(18)7-10(13(16)19)15-11(17)6-8-3-2-4-9(14)5-8/h8-10H,2-7,14H2,1H3,(H,15,17). The number of carbonyl (C=O) groups excluding carboxylic acids is 3. The van der Waals surface area contributed by atoms with Gasteiger partial charge in [-0.2, -0.15) is 0 Å². The first-order chi connectivity index (χ1) is 8.97. The van der Waals surface area contributed by atoms with Crippen molar-refractivity contribution in [1.29, 1.82) is 0 Å².